The lowest BCUT2D eigenvalue weighted by molar-refractivity contribution is 0.475. The maximum absolute atomic E-state index is 14.7. The molecule has 10 heteroatoms. The van der Waals surface area contributed by atoms with Gasteiger partial charge in [-0.15, -0.1) is 0 Å². The summed E-state index contributed by atoms with van der Waals surface area (Å²) < 4.78 is 65.8. The van der Waals surface area contributed by atoms with Crippen LogP contribution >= 0.6 is 12.2 Å². The standard InChI is InChI=1S/C20H20F3N3O2S2/c1-19(2)18(24)26-20(3,10-30(19,27)28)13-6-11(4-5-14(13)22)7-16(29)17-15(23)8-12(21)9-25-17/h4-6,8-9H,7,10H2,1-3H3,(H2,24,26)/t20-/m0/s1. The van der Waals surface area contributed by atoms with E-state index in [2.05, 4.69) is 9.98 Å². The van der Waals surface area contributed by atoms with Gasteiger partial charge in [0.2, 0.25) is 0 Å². The minimum atomic E-state index is -3.71. The van der Waals surface area contributed by atoms with E-state index in [1.807, 2.05) is 0 Å². The number of nitrogens with two attached hydrogens (primary N) is 1. The molecule has 0 bridgehead atoms. The van der Waals surface area contributed by atoms with Crippen molar-refractivity contribution in [3.8, 4) is 0 Å². The number of hydrogen-bond acceptors (Lipinski definition) is 6. The molecule has 0 fully saturated rings. The van der Waals surface area contributed by atoms with Gasteiger partial charge in [-0.2, -0.15) is 0 Å². The molecule has 2 heterocycles. The third-order valence-corrected chi connectivity index (χ3v) is 8.32. The summed E-state index contributed by atoms with van der Waals surface area (Å²) in [6, 6.07) is 4.74. The lowest BCUT2D eigenvalue weighted by Gasteiger charge is -2.38. The highest BCUT2D eigenvalue weighted by atomic mass is 32.2. The molecule has 0 radical (unpaired) electrons. The molecular weight excluding hydrogens is 435 g/mol. The number of halogens is 3. The van der Waals surface area contributed by atoms with Crippen LogP contribution in [0, 0.1) is 17.5 Å². The Morgan fingerprint density at radius 2 is 1.83 bits per heavy atom. The van der Waals surface area contributed by atoms with E-state index < -0.39 is 43.3 Å². The Hall–Kier alpha value is -2.33. The summed E-state index contributed by atoms with van der Waals surface area (Å²) in [4.78, 5) is 8.10. The van der Waals surface area contributed by atoms with Crippen LogP contribution < -0.4 is 5.73 Å². The van der Waals surface area contributed by atoms with Crippen molar-refractivity contribution in [1.82, 2.24) is 4.98 Å². The molecule has 2 aromatic rings. The van der Waals surface area contributed by atoms with Gasteiger partial charge < -0.3 is 5.73 Å². The van der Waals surface area contributed by atoms with Crippen LogP contribution in [0.25, 0.3) is 0 Å². The van der Waals surface area contributed by atoms with Gasteiger partial charge in [-0.3, -0.25) is 4.99 Å². The molecule has 0 saturated carbocycles. The molecular formula is C20H20F3N3O2S2. The first-order valence-corrected chi connectivity index (χ1v) is 11.0. The monoisotopic (exact) mass is 455 g/mol. The second kappa shape index (κ2) is 7.42. The van der Waals surface area contributed by atoms with E-state index in [4.69, 9.17) is 18.0 Å². The van der Waals surface area contributed by atoms with Gasteiger partial charge in [0.05, 0.1) is 11.9 Å². The zero-order valence-electron chi connectivity index (χ0n) is 16.5. The van der Waals surface area contributed by atoms with Crippen molar-refractivity contribution >= 4 is 32.8 Å². The number of pyridine rings is 1. The molecule has 160 valence electrons. The van der Waals surface area contributed by atoms with E-state index in [0.717, 1.165) is 6.20 Å². The molecule has 1 atom stereocenters. The number of nitrogens with zero attached hydrogens (tertiary/aromatic N) is 2. The van der Waals surface area contributed by atoms with Crippen molar-refractivity contribution in [2.24, 2.45) is 10.7 Å². The summed E-state index contributed by atoms with van der Waals surface area (Å²) in [7, 11) is -3.71. The van der Waals surface area contributed by atoms with E-state index in [9.17, 15) is 21.6 Å². The summed E-state index contributed by atoms with van der Waals surface area (Å²) in [6.45, 7) is 4.40. The summed E-state index contributed by atoms with van der Waals surface area (Å²) in [5.74, 6) is -2.90. The van der Waals surface area contributed by atoms with Gasteiger partial charge in [-0.1, -0.05) is 24.4 Å². The maximum atomic E-state index is 14.7. The second-order valence-electron chi connectivity index (χ2n) is 7.94. The zero-order chi connectivity index (χ0) is 22.5. The van der Waals surface area contributed by atoms with Crippen LogP contribution in [0.15, 0.2) is 35.5 Å². The predicted octanol–water partition coefficient (Wildman–Crippen LogP) is 3.24. The van der Waals surface area contributed by atoms with E-state index in [1.165, 1.54) is 39.0 Å². The fraction of sp³-hybridized carbons (Fsp3) is 0.350. The Kier molecular flexibility index (Phi) is 5.53. The van der Waals surface area contributed by atoms with E-state index >= 15 is 0 Å². The molecule has 1 aromatic carbocycles. The summed E-state index contributed by atoms with van der Waals surface area (Å²) >= 11 is 5.22. The molecule has 0 aliphatic carbocycles. The summed E-state index contributed by atoms with van der Waals surface area (Å²) in [6.07, 6.45) is 0.875. The van der Waals surface area contributed by atoms with Gasteiger partial charge in [0.1, 0.15) is 33.4 Å². The fourth-order valence-electron chi connectivity index (χ4n) is 3.26. The van der Waals surface area contributed by atoms with Gasteiger partial charge in [0, 0.05) is 22.9 Å². The van der Waals surface area contributed by atoms with E-state index in [1.54, 1.807) is 0 Å². The molecule has 5 nitrogen and oxygen atoms in total. The van der Waals surface area contributed by atoms with Gasteiger partial charge in [-0.25, -0.2) is 26.6 Å². The molecule has 1 aliphatic rings. The van der Waals surface area contributed by atoms with Crippen molar-refractivity contribution in [3.05, 3.63) is 64.7 Å². The van der Waals surface area contributed by atoms with Crippen molar-refractivity contribution in [1.29, 1.82) is 0 Å². The number of rotatable bonds is 4. The van der Waals surface area contributed by atoms with Crippen LogP contribution in [-0.4, -0.2) is 34.6 Å². The number of aliphatic imine (C=N–C) groups is 1. The molecule has 3 rings (SSSR count). The van der Waals surface area contributed by atoms with Gasteiger partial charge in [0.15, 0.2) is 15.7 Å². The van der Waals surface area contributed by atoms with Crippen molar-refractivity contribution in [2.45, 2.75) is 37.5 Å². The summed E-state index contributed by atoms with van der Waals surface area (Å²) in [5.41, 5.74) is 4.86. The van der Waals surface area contributed by atoms with Crippen LogP contribution in [0.2, 0.25) is 0 Å². The Morgan fingerprint density at radius 1 is 1.17 bits per heavy atom. The first-order valence-electron chi connectivity index (χ1n) is 8.98. The molecule has 0 spiro atoms. The third kappa shape index (κ3) is 3.85. The topological polar surface area (TPSA) is 85.4 Å². The van der Waals surface area contributed by atoms with Crippen molar-refractivity contribution < 1.29 is 21.6 Å². The Bertz CT molecular complexity index is 1180. The van der Waals surface area contributed by atoms with Crippen molar-refractivity contribution in [2.75, 3.05) is 5.75 Å². The first kappa shape index (κ1) is 22.4. The fourth-order valence-corrected chi connectivity index (χ4v) is 5.27. The van der Waals surface area contributed by atoms with Gasteiger partial charge in [-0.05, 0) is 32.4 Å². The Balaban J connectivity index is 2.00. The smallest absolute Gasteiger partial charge is 0.165 e. The van der Waals surface area contributed by atoms with E-state index in [0.29, 0.717) is 11.6 Å². The number of sulfone groups is 1. The Labute approximate surface area is 178 Å². The van der Waals surface area contributed by atoms with Gasteiger partial charge >= 0.3 is 0 Å². The molecule has 0 unspecified atom stereocenters. The van der Waals surface area contributed by atoms with Crippen LogP contribution in [0.4, 0.5) is 13.2 Å². The van der Waals surface area contributed by atoms with Crippen LogP contribution in [-0.2, 0) is 21.8 Å². The second-order valence-corrected chi connectivity index (χ2v) is 11.0. The SMILES string of the molecule is CC1(C)C(N)=N[C@](C)(c2cc(CC(=S)c3ncc(F)cc3F)ccc2F)CS1(=O)=O. The lowest BCUT2D eigenvalue weighted by Crippen LogP contribution is -2.55. The summed E-state index contributed by atoms with van der Waals surface area (Å²) in [5, 5.41) is 0. The Morgan fingerprint density at radius 3 is 2.43 bits per heavy atom. The predicted molar refractivity (Wildman–Crippen MR) is 113 cm³/mol. The maximum Gasteiger partial charge on any atom is 0.165 e. The number of hydrogen-bond donors (Lipinski definition) is 1. The first-order chi connectivity index (χ1) is 13.8. The van der Waals surface area contributed by atoms with Gasteiger partial charge in [0.25, 0.3) is 0 Å². The lowest BCUT2D eigenvalue weighted by atomic mass is 9.90. The quantitative estimate of drug-likeness (QED) is 0.565. The number of aromatic nitrogens is 1. The molecule has 2 N–H and O–H groups in total. The number of thiocarbonyl (C=S) groups is 1. The molecule has 30 heavy (non-hydrogen) atoms. The highest BCUT2D eigenvalue weighted by molar-refractivity contribution is 7.93. The highest BCUT2D eigenvalue weighted by Crippen LogP contribution is 2.38. The normalized spacial score (nSPS) is 22.4. The molecule has 0 amide bonds. The zero-order valence-corrected chi connectivity index (χ0v) is 18.2. The largest absolute Gasteiger partial charge is 0.386 e. The average molecular weight is 456 g/mol. The van der Waals surface area contributed by atoms with E-state index in [-0.39, 0.29) is 28.4 Å². The number of amidine groups is 1. The van der Waals surface area contributed by atoms with Crippen LogP contribution in [0.5, 0.6) is 0 Å². The average Bonchev–Trinajstić information content (AvgIpc) is 2.61. The molecule has 1 aliphatic heterocycles. The molecule has 0 saturated heterocycles. The van der Waals surface area contributed by atoms with Crippen LogP contribution in [0.3, 0.4) is 0 Å². The van der Waals surface area contributed by atoms with Crippen molar-refractivity contribution in [3.63, 3.8) is 0 Å². The third-order valence-electron chi connectivity index (χ3n) is 5.28. The highest BCUT2D eigenvalue weighted by Gasteiger charge is 2.49. The number of benzene rings is 1. The van der Waals surface area contributed by atoms with Crippen LogP contribution in [0.1, 0.15) is 37.6 Å². The minimum absolute atomic E-state index is 0.0195. The molecule has 1 aromatic heterocycles. The minimum Gasteiger partial charge on any atom is -0.386 e.